The molecule has 4 heterocycles. The number of rotatable bonds is 7. The van der Waals surface area contributed by atoms with Crippen LogP contribution in [0.2, 0.25) is 0 Å². The molecule has 6 aromatic rings. The van der Waals surface area contributed by atoms with Crippen molar-refractivity contribution in [3.63, 3.8) is 0 Å². The molecule has 0 bridgehead atoms. The maximum absolute atomic E-state index is 14.6. The zero-order chi connectivity index (χ0) is 28.0. The summed E-state index contributed by atoms with van der Waals surface area (Å²) in [5.74, 6) is -0.464. The summed E-state index contributed by atoms with van der Waals surface area (Å²) in [7, 11) is 0.542. The van der Waals surface area contributed by atoms with Crippen molar-refractivity contribution in [2.75, 3.05) is 25.3 Å². The van der Waals surface area contributed by atoms with E-state index in [2.05, 4.69) is 42.0 Å². The van der Waals surface area contributed by atoms with Crippen molar-refractivity contribution in [1.82, 2.24) is 29.9 Å². The number of sulfonamides is 1. The number of aromatic nitrogens is 5. The number of H-pyrrole nitrogens is 2. The van der Waals surface area contributed by atoms with E-state index in [9.17, 15) is 12.8 Å². The number of anilines is 1. The van der Waals surface area contributed by atoms with Crippen LogP contribution in [0.5, 0.6) is 0 Å². The van der Waals surface area contributed by atoms with Crippen molar-refractivity contribution in [1.29, 1.82) is 0 Å². The quantitative estimate of drug-likeness (QED) is 0.253. The number of nitrogens with one attached hydrogen (secondary N) is 3. The fourth-order valence-corrected chi connectivity index (χ4v) is 5.19. The van der Waals surface area contributed by atoms with Gasteiger partial charge in [-0.3, -0.25) is 15.1 Å². The van der Waals surface area contributed by atoms with Crippen molar-refractivity contribution < 1.29 is 12.8 Å². The van der Waals surface area contributed by atoms with Crippen LogP contribution in [0, 0.1) is 5.82 Å². The maximum atomic E-state index is 14.6. The predicted molar refractivity (Wildman–Crippen MR) is 156 cm³/mol. The van der Waals surface area contributed by atoms with Gasteiger partial charge in [-0.05, 0) is 59.2 Å². The van der Waals surface area contributed by atoms with Crippen LogP contribution in [-0.2, 0) is 16.6 Å². The first-order valence-corrected chi connectivity index (χ1v) is 14.4. The molecule has 0 radical (unpaired) electrons. The SMILES string of the molecule is CN(C)c1cncc(-c2ccc3[nH]nc(-c4cc5c(-c6cc(F)cc(CNS(C)(=O)=O)c6)cncc5[nH]4)c3c2)c1. The Morgan fingerprint density at radius 1 is 0.875 bits per heavy atom. The van der Waals surface area contributed by atoms with Gasteiger partial charge in [-0.2, -0.15) is 5.10 Å². The third kappa shape index (κ3) is 5.04. The van der Waals surface area contributed by atoms with E-state index in [1.807, 2.05) is 49.6 Å². The predicted octanol–water partition coefficient (Wildman–Crippen LogP) is 5.09. The minimum Gasteiger partial charge on any atom is -0.376 e. The zero-order valence-electron chi connectivity index (χ0n) is 22.0. The molecule has 0 aliphatic carbocycles. The first-order valence-electron chi connectivity index (χ1n) is 12.5. The van der Waals surface area contributed by atoms with E-state index in [1.165, 1.54) is 12.1 Å². The van der Waals surface area contributed by atoms with E-state index >= 15 is 0 Å². The highest BCUT2D eigenvalue weighted by Crippen LogP contribution is 2.35. The van der Waals surface area contributed by atoms with Crippen LogP contribution < -0.4 is 9.62 Å². The molecule has 2 aromatic carbocycles. The first-order chi connectivity index (χ1) is 19.1. The largest absolute Gasteiger partial charge is 0.376 e. The molecule has 3 N–H and O–H groups in total. The monoisotopic (exact) mass is 555 g/mol. The highest BCUT2D eigenvalue weighted by molar-refractivity contribution is 7.88. The average molecular weight is 556 g/mol. The Balaban J connectivity index is 1.42. The summed E-state index contributed by atoms with van der Waals surface area (Å²) in [6.45, 7) is -0.0139. The minimum absolute atomic E-state index is 0.0139. The second-order valence-electron chi connectivity index (χ2n) is 9.93. The molecule has 0 spiro atoms. The molecule has 0 aliphatic heterocycles. The number of benzene rings is 2. The Bertz CT molecular complexity index is 2000. The second-order valence-corrected chi connectivity index (χ2v) is 11.8. The summed E-state index contributed by atoms with van der Waals surface area (Å²) in [6.07, 6.45) is 8.12. The zero-order valence-corrected chi connectivity index (χ0v) is 22.8. The van der Waals surface area contributed by atoms with Crippen molar-refractivity contribution in [3.05, 3.63) is 84.7 Å². The van der Waals surface area contributed by atoms with Crippen LogP contribution in [-0.4, -0.2) is 53.9 Å². The molecule has 0 saturated carbocycles. The highest BCUT2D eigenvalue weighted by atomic mass is 32.2. The number of hydrogen-bond donors (Lipinski definition) is 3. The number of aromatic amines is 2. The minimum atomic E-state index is -3.42. The molecule has 6 rings (SSSR count). The Labute approximate surface area is 230 Å². The highest BCUT2D eigenvalue weighted by Gasteiger charge is 2.16. The van der Waals surface area contributed by atoms with E-state index in [-0.39, 0.29) is 6.54 Å². The lowest BCUT2D eigenvalue weighted by molar-refractivity contribution is 0.586. The Morgan fingerprint density at radius 3 is 2.50 bits per heavy atom. The number of halogens is 1. The third-order valence-electron chi connectivity index (χ3n) is 6.74. The van der Waals surface area contributed by atoms with E-state index in [1.54, 1.807) is 18.5 Å². The summed E-state index contributed by atoms with van der Waals surface area (Å²) in [4.78, 5) is 14.2. The molecule has 0 fully saturated rings. The van der Waals surface area contributed by atoms with Gasteiger partial charge in [-0.15, -0.1) is 0 Å². The fraction of sp³-hybridized carbons (Fsp3) is 0.138. The average Bonchev–Trinajstić information content (AvgIpc) is 3.55. The maximum Gasteiger partial charge on any atom is 0.209 e. The first kappa shape index (κ1) is 25.7. The Morgan fingerprint density at radius 2 is 1.70 bits per heavy atom. The Hall–Kier alpha value is -4.61. The Kier molecular flexibility index (Phi) is 6.32. The van der Waals surface area contributed by atoms with Crippen molar-refractivity contribution in [3.8, 4) is 33.6 Å². The summed E-state index contributed by atoms with van der Waals surface area (Å²) in [6, 6.07) is 14.7. The van der Waals surface area contributed by atoms with Crippen molar-refractivity contribution in [2.45, 2.75) is 6.54 Å². The molecule has 0 aliphatic rings. The smallest absolute Gasteiger partial charge is 0.209 e. The number of hydrogen-bond acceptors (Lipinski definition) is 6. The van der Waals surface area contributed by atoms with Crippen molar-refractivity contribution >= 4 is 37.5 Å². The van der Waals surface area contributed by atoms with Gasteiger partial charge in [0.05, 0.1) is 41.1 Å². The molecule has 11 heteroatoms. The number of pyridine rings is 2. The van der Waals surface area contributed by atoms with Gasteiger partial charge < -0.3 is 9.88 Å². The van der Waals surface area contributed by atoms with Gasteiger partial charge in [0.1, 0.15) is 11.5 Å². The molecule has 202 valence electrons. The standard InChI is InChI=1S/C29H26FN7O2S/c1-37(2)22-9-20(13-31-14-22)18-4-5-26-24(10-18)29(36-35-26)27-11-23-25(15-32-16-28(23)34-27)19-6-17(7-21(30)8-19)12-33-40(3,38)39/h4-11,13-16,33-34H,12H2,1-3H3,(H,35,36). The van der Waals surface area contributed by atoms with Gasteiger partial charge in [-0.1, -0.05) is 6.07 Å². The molecular formula is C29H26FN7O2S. The molecule has 0 unspecified atom stereocenters. The molecule has 4 aromatic heterocycles. The van der Waals surface area contributed by atoms with Crippen LogP contribution in [0.15, 0.2) is 73.3 Å². The van der Waals surface area contributed by atoms with Crippen LogP contribution >= 0.6 is 0 Å². The molecule has 0 amide bonds. The van der Waals surface area contributed by atoms with Gasteiger partial charge in [0, 0.05) is 54.9 Å². The topological polar surface area (TPSA) is 120 Å². The van der Waals surface area contributed by atoms with Gasteiger partial charge in [0.25, 0.3) is 0 Å². The van der Waals surface area contributed by atoms with Crippen LogP contribution in [0.25, 0.3) is 55.4 Å². The summed E-state index contributed by atoms with van der Waals surface area (Å²) >= 11 is 0. The number of fused-ring (bicyclic) bond motifs is 2. The lowest BCUT2D eigenvalue weighted by Gasteiger charge is -2.13. The molecule has 40 heavy (non-hydrogen) atoms. The van der Waals surface area contributed by atoms with Crippen molar-refractivity contribution in [2.24, 2.45) is 0 Å². The van der Waals surface area contributed by atoms with Gasteiger partial charge in [0.15, 0.2) is 0 Å². The third-order valence-corrected chi connectivity index (χ3v) is 7.41. The number of nitrogens with zero attached hydrogens (tertiary/aromatic N) is 4. The second kappa shape index (κ2) is 9.85. The lowest BCUT2D eigenvalue weighted by atomic mass is 10.0. The fourth-order valence-electron chi connectivity index (χ4n) is 4.76. The summed E-state index contributed by atoms with van der Waals surface area (Å²) in [5.41, 5.74) is 8.01. The molecule has 9 nitrogen and oxygen atoms in total. The summed E-state index contributed by atoms with van der Waals surface area (Å²) in [5, 5.41) is 9.48. The van der Waals surface area contributed by atoms with Crippen LogP contribution in [0.1, 0.15) is 5.56 Å². The van der Waals surface area contributed by atoms with Gasteiger partial charge in [0.2, 0.25) is 10.0 Å². The normalized spacial score (nSPS) is 11.9. The van der Waals surface area contributed by atoms with Crippen LogP contribution in [0.3, 0.4) is 0 Å². The van der Waals surface area contributed by atoms with E-state index < -0.39 is 15.8 Å². The molecule has 0 saturated heterocycles. The van der Waals surface area contributed by atoms with Gasteiger partial charge in [-0.25, -0.2) is 17.5 Å². The lowest BCUT2D eigenvalue weighted by Crippen LogP contribution is -2.21. The molecular weight excluding hydrogens is 529 g/mol. The summed E-state index contributed by atoms with van der Waals surface area (Å²) < 4.78 is 40.0. The van der Waals surface area contributed by atoms with E-state index in [0.29, 0.717) is 16.7 Å². The van der Waals surface area contributed by atoms with Crippen LogP contribution in [0.4, 0.5) is 10.1 Å². The van der Waals surface area contributed by atoms with E-state index in [0.717, 1.165) is 56.3 Å². The van der Waals surface area contributed by atoms with E-state index in [4.69, 9.17) is 0 Å². The molecule has 0 atom stereocenters. The van der Waals surface area contributed by atoms with Gasteiger partial charge >= 0.3 is 0 Å².